The van der Waals surface area contributed by atoms with Gasteiger partial charge in [0.15, 0.2) is 0 Å². The van der Waals surface area contributed by atoms with Crippen LogP contribution in [0.15, 0.2) is 121 Å². The van der Waals surface area contributed by atoms with Gasteiger partial charge in [-0.25, -0.2) is 0 Å². The summed E-state index contributed by atoms with van der Waals surface area (Å²) in [5, 5.41) is 5.88. The number of benzene rings is 6. The SMILES string of the molecule is Cc1cc(-c2ccc(Cl)cc2Cl)ccc1C1=C2c3ccccc3[CH]1[Zr+2][CH]1C(c3ccc(-c4ccc(Cl)cc4Cl)cc3C)=C(c3ccccc31)[Si]2(C)C.[Cl-].[Cl-]. The Kier molecular flexibility index (Phi) is 11.2. The van der Waals surface area contributed by atoms with Crippen LogP contribution in [-0.2, 0) is 23.2 Å². The van der Waals surface area contributed by atoms with E-state index in [1.165, 1.54) is 33.4 Å². The molecule has 0 spiro atoms. The minimum Gasteiger partial charge on any atom is -1.00 e. The van der Waals surface area contributed by atoms with Crippen LogP contribution in [0.5, 0.6) is 0 Å². The summed E-state index contributed by atoms with van der Waals surface area (Å²) >= 11 is 24.7. The van der Waals surface area contributed by atoms with Crippen molar-refractivity contribution in [2.45, 2.75) is 34.2 Å². The Balaban J connectivity index is 0.00000225. The predicted octanol–water partition coefficient (Wildman–Crippen LogP) is 8.77. The van der Waals surface area contributed by atoms with Crippen LogP contribution in [0.25, 0.3) is 43.8 Å². The maximum atomic E-state index is 6.71. The molecule has 0 aromatic heterocycles. The smallest absolute Gasteiger partial charge is 1.00 e. The zero-order valence-corrected chi connectivity index (χ0v) is 38.0. The Morgan fingerprint density at radius 3 is 1.24 bits per heavy atom. The van der Waals surface area contributed by atoms with Gasteiger partial charge in [-0.15, -0.1) is 0 Å². The molecule has 0 radical (unpaired) electrons. The Morgan fingerprint density at radius 1 is 0.463 bits per heavy atom. The third-order valence-electron chi connectivity index (χ3n) is 11.3. The van der Waals surface area contributed by atoms with Crippen molar-refractivity contribution in [1.29, 1.82) is 0 Å². The number of halogens is 6. The van der Waals surface area contributed by atoms with Crippen LogP contribution in [0.4, 0.5) is 0 Å². The molecule has 6 aromatic carbocycles. The Hall–Kier alpha value is -2.36. The average Bonchev–Trinajstić information content (AvgIpc) is 3.63. The molecule has 0 amide bonds. The zero-order valence-electron chi connectivity index (χ0n) is 30.0. The second-order valence-electron chi connectivity index (χ2n) is 14.7. The van der Waals surface area contributed by atoms with E-state index in [1.807, 2.05) is 36.4 Å². The van der Waals surface area contributed by atoms with E-state index in [1.54, 1.807) is 32.7 Å². The van der Waals surface area contributed by atoms with Crippen molar-refractivity contribution in [3.63, 3.8) is 0 Å². The van der Waals surface area contributed by atoms with Gasteiger partial charge in [0.05, 0.1) is 0 Å². The molecule has 6 aromatic rings. The van der Waals surface area contributed by atoms with Gasteiger partial charge in [0, 0.05) is 0 Å². The summed E-state index contributed by atoms with van der Waals surface area (Å²) in [4.78, 5) is 0. The van der Waals surface area contributed by atoms with Crippen LogP contribution in [0.2, 0.25) is 33.2 Å². The fraction of sp³-hybridized carbons (Fsp3) is 0.130. The standard InChI is InChI=1S/C46H34Cl4Si.2ClH.Zr/c1-27-21-31(37-19-15-33(47)25-43(37)49)13-17-35(27)41-23-29-9-5-7-11-39(29)45(41)51(3,4)46-40-12-8-6-10-30(40)24-42(46)36-18-14-32(22-28(36)2)38-20-16-34(48)26-44(38)50;;;/h5-26H,1-4H3;2*1H;/q;;;+2/p-2. The molecular weight excluding hydrogens is 885 g/mol. The van der Waals surface area contributed by atoms with Gasteiger partial charge in [-0.1, -0.05) is 0 Å². The molecule has 0 N–H and O–H groups in total. The second-order valence-corrected chi connectivity index (χ2v) is 24.3. The molecule has 2 unspecified atom stereocenters. The number of hydrogen-bond donors (Lipinski definition) is 0. The van der Waals surface area contributed by atoms with E-state index >= 15 is 0 Å². The molecule has 0 saturated heterocycles. The van der Waals surface area contributed by atoms with Gasteiger partial charge in [0.2, 0.25) is 0 Å². The quantitative estimate of drug-likeness (QED) is 0.155. The Bertz CT molecular complexity index is 2400. The average molecular weight is 919 g/mol. The van der Waals surface area contributed by atoms with Gasteiger partial charge >= 0.3 is 342 Å². The molecule has 268 valence electrons. The minimum absolute atomic E-state index is 0. The molecule has 0 nitrogen and oxygen atoms in total. The van der Waals surface area contributed by atoms with Crippen LogP contribution < -0.4 is 24.8 Å². The number of rotatable bonds is 4. The molecule has 54 heavy (non-hydrogen) atoms. The van der Waals surface area contributed by atoms with Crippen molar-refractivity contribution in [1.82, 2.24) is 0 Å². The summed E-state index contributed by atoms with van der Waals surface area (Å²) in [5.74, 6) is 0. The van der Waals surface area contributed by atoms with Crippen LogP contribution in [0, 0.1) is 13.8 Å². The molecule has 0 fully saturated rings. The molecule has 2 atom stereocenters. The normalized spacial score (nSPS) is 17.3. The minimum atomic E-state index is -2.36. The molecule has 4 bridgehead atoms. The molecule has 0 saturated carbocycles. The van der Waals surface area contributed by atoms with Crippen LogP contribution >= 0.6 is 46.4 Å². The van der Waals surface area contributed by atoms with Crippen molar-refractivity contribution in [3.05, 3.63) is 186 Å². The van der Waals surface area contributed by atoms with Crippen molar-refractivity contribution in [2.24, 2.45) is 0 Å². The molecule has 1 heterocycles. The predicted molar refractivity (Wildman–Crippen MR) is 223 cm³/mol. The molecule has 3 aliphatic rings. The first kappa shape index (κ1) is 39.9. The maximum absolute atomic E-state index is 6.71. The van der Waals surface area contributed by atoms with Gasteiger partial charge in [-0.05, 0) is 0 Å². The van der Waals surface area contributed by atoms with Gasteiger partial charge in [-0.2, -0.15) is 0 Å². The summed E-state index contributed by atoms with van der Waals surface area (Å²) in [6.45, 7) is 9.79. The van der Waals surface area contributed by atoms with E-state index in [4.69, 9.17) is 46.4 Å². The first-order valence-corrected chi connectivity index (χ1v) is 24.9. The Morgan fingerprint density at radius 2 is 0.852 bits per heavy atom. The first-order valence-electron chi connectivity index (χ1n) is 17.6. The summed E-state index contributed by atoms with van der Waals surface area (Å²) in [5.41, 5.74) is 18.9. The summed E-state index contributed by atoms with van der Waals surface area (Å²) in [7, 11) is -2.36. The van der Waals surface area contributed by atoms with E-state index in [0.717, 1.165) is 22.3 Å². The second kappa shape index (κ2) is 15.2. The number of allylic oxidation sites excluding steroid dienone is 2. The third kappa shape index (κ3) is 6.38. The molecule has 9 rings (SSSR count). The van der Waals surface area contributed by atoms with E-state index in [2.05, 4.69) is 112 Å². The van der Waals surface area contributed by atoms with Crippen molar-refractivity contribution in [2.75, 3.05) is 0 Å². The van der Waals surface area contributed by atoms with E-state index in [-0.39, 0.29) is 24.8 Å². The molecule has 2 aliphatic carbocycles. The fourth-order valence-corrected chi connectivity index (χ4v) is 20.1. The van der Waals surface area contributed by atoms with E-state index < -0.39 is 31.3 Å². The van der Waals surface area contributed by atoms with Crippen LogP contribution in [0.1, 0.15) is 51.8 Å². The monoisotopic (exact) mass is 914 g/mol. The van der Waals surface area contributed by atoms with E-state index in [0.29, 0.717) is 27.3 Å². The third-order valence-corrected chi connectivity index (χ3v) is 20.6. The van der Waals surface area contributed by atoms with Crippen LogP contribution in [-0.4, -0.2) is 8.07 Å². The largest absolute Gasteiger partial charge is 1.00 e. The van der Waals surface area contributed by atoms with Gasteiger partial charge in [0.1, 0.15) is 0 Å². The molecule has 1 aliphatic heterocycles. The van der Waals surface area contributed by atoms with Crippen molar-refractivity contribution < 1.29 is 48.0 Å². The number of aryl methyl sites for hydroxylation is 2. The van der Waals surface area contributed by atoms with Gasteiger partial charge < -0.3 is 24.8 Å². The Labute approximate surface area is 363 Å². The van der Waals surface area contributed by atoms with Gasteiger partial charge in [-0.3, -0.25) is 0 Å². The van der Waals surface area contributed by atoms with Crippen LogP contribution in [0.3, 0.4) is 0 Å². The van der Waals surface area contributed by atoms with Crippen molar-refractivity contribution in [3.8, 4) is 22.3 Å². The number of hydrogen-bond acceptors (Lipinski definition) is 0. The van der Waals surface area contributed by atoms with Gasteiger partial charge in [0.25, 0.3) is 0 Å². The zero-order chi connectivity index (χ0) is 36.1. The first-order chi connectivity index (χ1) is 25.0. The number of fused-ring (bicyclic) bond motifs is 8. The molecule has 8 heteroatoms. The van der Waals surface area contributed by atoms with E-state index in [9.17, 15) is 0 Å². The fourth-order valence-electron chi connectivity index (χ4n) is 9.12. The molecular formula is C46H34Cl6SiZr. The topological polar surface area (TPSA) is 0 Å². The maximum Gasteiger partial charge on any atom is -1.00 e. The summed E-state index contributed by atoms with van der Waals surface area (Å²) < 4.78 is 0.871. The van der Waals surface area contributed by atoms with Crippen molar-refractivity contribution >= 4 is 76.0 Å². The summed E-state index contributed by atoms with van der Waals surface area (Å²) in [6.07, 6.45) is 0. The summed E-state index contributed by atoms with van der Waals surface area (Å²) in [6, 6.07) is 44.2.